The molecule has 108 valence electrons. The molecular weight excluding hydrogens is 252 g/mol. The third-order valence-electron chi connectivity index (χ3n) is 3.56. The molecule has 0 N–H and O–H groups in total. The Hall–Kier alpha value is -0.643. The lowest BCUT2D eigenvalue weighted by molar-refractivity contribution is 0.212. The van der Waals surface area contributed by atoms with Crippen LogP contribution in [0.5, 0.6) is 0 Å². The van der Waals surface area contributed by atoms with Gasteiger partial charge in [0.2, 0.25) is 0 Å². The fourth-order valence-corrected chi connectivity index (χ4v) is 4.00. The maximum atomic E-state index is 6.09. The lowest BCUT2D eigenvalue weighted by atomic mass is 10.1. The highest BCUT2D eigenvalue weighted by atomic mass is 28.4. The summed E-state index contributed by atoms with van der Waals surface area (Å²) >= 11 is 0. The van der Waals surface area contributed by atoms with Gasteiger partial charge in [0.15, 0.2) is 0 Å². The summed E-state index contributed by atoms with van der Waals surface area (Å²) in [5, 5.41) is 1.21. The van der Waals surface area contributed by atoms with Crippen LogP contribution in [-0.2, 0) is 8.85 Å². The molecule has 1 aromatic rings. The van der Waals surface area contributed by atoms with Crippen LogP contribution in [0.1, 0.15) is 45.4 Å². The summed E-state index contributed by atoms with van der Waals surface area (Å²) in [6.07, 6.45) is 7.75. The van der Waals surface area contributed by atoms with Gasteiger partial charge in [-0.2, -0.15) is 0 Å². The van der Waals surface area contributed by atoms with Gasteiger partial charge in [0.1, 0.15) is 0 Å². The molecule has 0 aliphatic heterocycles. The van der Waals surface area contributed by atoms with E-state index >= 15 is 0 Å². The van der Waals surface area contributed by atoms with Crippen LogP contribution in [0.2, 0.25) is 6.55 Å². The van der Waals surface area contributed by atoms with E-state index in [1.807, 2.05) is 18.2 Å². The first-order valence-corrected chi connectivity index (χ1v) is 9.79. The second kappa shape index (κ2) is 9.29. The van der Waals surface area contributed by atoms with Crippen molar-refractivity contribution >= 4 is 13.7 Å². The van der Waals surface area contributed by atoms with Crippen LogP contribution < -0.4 is 5.19 Å². The Morgan fingerprint density at radius 3 is 2.21 bits per heavy atom. The molecule has 0 saturated heterocycles. The number of hydrogen-bond donors (Lipinski definition) is 0. The van der Waals surface area contributed by atoms with E-state index in [9.17, 15) is 0 Å². The van der Waals surface area contributed by atoms with Crippen molar-refractivity contribution in [2.75, 3.05) is 13.7 Å². The van der Waals surface area contributed by atoms with Crippen molar-refractivity contribution in [3.05, 3.63) is 30.3 Å². The Kier molecular flexibility index (Phi) is 8.02. The smallest absolute Gasteiger partial charge is 0.369 e. The fraction of sp³-hybridized carbons (Fsp3) is 0.625. The van der Waals surface area contributed by atoms with E-state index in [0.717, 1.165) is 13.0 Å². The summed E-state index contributed by atoms with van der Waals surface area (Å²) in [6, 6.07) is 10.3. The molecule has 0 heterocycles. The summed E-state index contributed by atoms with van der Waals surface area (Å²) in [5.74, 6) is 0. The molecule has 19 heavy (non-hydrogen) atoms. The van der Waals surface area contributed by atoms with Gasteiger partial charge in [0, 0.05) is 13.7 Å². The van der Waals surface area contributed by atoms with Crippen molar-refractivity contribution in [1.29, 1.82) is 0 Å². The Morgan fingerprint density at radius 1 is 0.947 bits per heavy atom. The minimum atomic E-state index is -2.17. The monoisotopic (exact) mass is 280 g/mol. The standard InChI is InChI=1S/C16H28O2Si/c1-4-5-6-7-8-12-15-18-19(3,17-2)16-13-10-9-11-14-16/h9-11,13-14H,4-8,12,15H2,1-3H3. The summed E-state index contributed by atoms with van der Waals surface area (Å²) < 4.78 is 11.8. The van der Waals surface area contributed by atoms with Gasteiger partial charge >= 0.3 is 8.56 Å². The molecule has 0 radical (unpaired) electrons. The zero-order valence-corrected chi connectivity index (χ0v) is 13.7. The SMILES string of the molecule is CCCCCCCCO[Si](C)(OC)c1ccccc1. The molecule has 0 fully saturated rings. The first-order valence-electron chi connectivity index (χ1n) is 7.47. The van der Waals surface area contributed by atoms with Crippen LogP contribution in [0.15, 0.2) is 30.3 Å². The van der Waals surface area contributed by atoms with Crippen LogP contribution in [0, 0.1) is 0 Å². The Morgan fingerprint density at radius 2 is 1.58 bits per heavy atom. The maximum Gasteiger partial charge on any atom is 0.369 e. The summed E-state index contributed by atoms with van der Waals surface area (Å²) in [6.45, 7) is 5.19. The van der Waals surface area contributed by atoms with Gasteiger partial charge in [0.05, 0.1) is 0 Å². The average Bonchev–Trinajstić information content (AvgIpc) is 2.47. The minimum Gasteiger partial charge on any atom is -0.394 e. The van der Waals surface area contributed by atoms with E-state index in [-0.39, 0.29) is 0 Å². The normalized spacial score (nSPS) is 14.3. The van der Waals surface area contributed by atoms with E-state index in [2.05, 4.69) is 25.6 Å². The molecule has 1 atom stereocenters. The minimum absolute atomic E-state index is 0.817. The van der Waals surface area contributed by atoms with E-state index in [1.54, 1.807) is 7.11 Å². The molecule has 0 amide bonds. The summed E-state index contributed by atoms with van der Waals surface area (Å²) in [7, 11) is -0.411. The van der Waals surface area contributed by atoms with E-state index < -0.39 is 8.56 Å². The second-order valence-corrected chi connectivity index (χ2v) is 8.30. The lowest BCUT2D eigenvalue weighted by Crippen LogP contribution is -2.50. The highest BCUT2D eigenvalue weighted by Crippen LogP contribution is 2.10. The van der Waals surface area contributed by atoms with Crippen LogP contribution in [-0.4, -0.2) is 22.3 Å². The van der Waals surface area contributed by atoms with Crippen molar-refractivity contribution in [1.82, 2.24) is 0 Å². The molecule has 3 heteroatoms. The number of benzene rings is 1. The summed E-state index contributed by atoms with van der Waals surface area (Å²) in [4.78, 5) is 0. The van der Waals surface area contributed by atoms with Crippen LogP contribution in [0.3, 0.4) is 0 Å². The van der Waals surface area contributed by atoms with Gasteiger partial charge in [-0.3, -0.25) is 0 Å². The van der Waals surface area contributed by atoms with Crippen molar-refractivity contribution in [3.8, 4) is 0 Å². The van der Waals surface area contributed by atoms with E-state index in [0.29, 0.717) is 0 Å². The van der Waals surface area contributed by atoms with Gasteiger partial charge in [0.25, 0.3) is 0 Å². The largest absolute Gasteiger partial charge is 0.394 e. The maximum absolute atomic E-state index is 6.09. The van der Waals surface area contributed by atoms with Crippen molar-refractivity contribution in [2.24, 2.45) is 0 Å². The molecule has 1 rings (SSSR count). The average molecular weight is 280 g/mol. The highest BCUT2D eigenvalue weighted by molar-refractivity contribution is 6.79. The molecule has 0 aromatic heterocycles. The van der Waals surface area contributed by atoms with Gasteiger partial charge in [-0.25, -0.2) is 0 Å². The Bertz CT molecular complexity index is 329. The van der Waals surface area contributed by atoms with Gasteiger partial charge in [-0.15, -0.1) is 0 Å². The molecule has 2 nitrogen and oxygen atoms in total. The second-order valence-electron chi connectivity index (χ2n) is 5.13. The molecule has 1 aromatic carbocycles. The third-order valence-corrected chi connectivity index (χ3v) is 6.48. The first kappa shape index (κ1) is 16.4. The summed E-state index contributed by atoms with van der Waals surface area (Å²) in [5.41, 5.74) is 0. The number of unbranched alkanes of at least 4 members (excludes halogenated alkanes) is 5. The fourth-order valence-electron chi connectivity index (χ4n) is 2.15. The van der Waals surface area contributed by atoms with Gasteiger partial charge < -0.3 is 8.85 Å². The van der Waals surface area contributed by atoms with E-state index in [4.69, 9.17) is 8.85 Å². The molecule has 1 unspecified atom stereocenters. The Labute approximate surface area is 119 Å². The van der Waals surface area contributed by atoms with E-state index in [1.165, 1.54) is 37.3 Å². The first-order chi connectivity index (χ1) is 9.23. The topological polar surface area (TPSA) is 18.5 Å². The van der Waals surface area contributed by atoms with Crippen LogP contribution >= 0.6 is 0 Å². The molecule has 0 spiro atoms. The third kappa shape index (κ3) is 5.89. The van der Waals surface area contributed by atoms with Crippen molar-refractivity contribution < 1.29 is 8.85 Å². The molecule has 0 saturated carbocycles. The molecule has 0 aliphatic rings. The quantitative estimate of drug-likeness (QED) is 0.476. The van der Waals surface area contributed by atoms with Crippen LogP contribution in [0.4, 0.5) is 0 Å². The molecule has 0 bridgehead atoms. The Balaban J connectivity index is 2.29. The molecular formula is C16H28O2Si. The van der Waals surface area contributed by atoms with Crippen molar-refractivity contribution in [2.45, 2.75) is 52.0 Å². The van der Waals surface area contributed by atoms with Crippen LogP contribution in [0.25, 0.3) is 0 Å². The lowest BCUT2D eigenvalue weighted by Gasteiger charge is -2.25. The number of hydrogen-bond acceptors (Lipinski definition) is 2. The zero-order chi connectivity index (χ0) is 14.0. The highest BCUT2D eigenvalue weighted by Gasteiger charge is 2.32. The predicted octanol–water partition coefficient (Wildman–Crippen LogP) is 3.99. The molecule has 0 aliphatic carbocycles. The zero-order valence-electron chi connectivity index (χ0n) is 12.7. The van der Waals surface area contributed by atoms with Crippen molar-refractivity contribution in [3.63, 3.8) is 0 Å². The number of rotatable bonds is 10. The van der Waals surface area contributed by atoms with Gasteiger partial charge in [-0.05, 0) is 18.2 Å². The predicted molar refractivity (Wildman–Crippen MR) is 84.0 cm³/mol. The van der Waals surface area contributed by atoms with Gasteiger partial charge in [-0.1, -0.05) is 69.4 Å².